The fourth-order valence-electron chi connectivity index (χ4n) is 4.49. The number of nitrogens with zero attached hydrogens (tertiary/aromatic N) is 3. The molecule has 29 heavy (non-hydrogen) atoms. The molecule has 0 saturated carbocycles. The van der Waals surface area contributed by atoms with Gasteiger partial charge >= 0.3 is 0 Å². The van der Waals surface area contributed by atoms with Crippen molar-refractivity contribution < 1.29 is 2.85 Å². The first-order valence-electron chi connectivity index (χ1n) is 10.5. The van der Waals surface area contributed by atoms with E-state index in [9.17, 15) is 0 Å². The van der Waals surface area contributed by atoms with Gasteiger partial charge in [0.15, 0.2) is 0 Å². The third-order valence-electron chi connectivity index (χ3n) is 5.94. The number of rotatable bonds is 4. The lowest BCUT2D eigenvalue weighted by Gasteiger charge is -2.27. The molecule has 0 aliphatic heterocycles. The minimum Gasteiger partial charge on any atom is -0.363 e. The fraction of sp³-hybridized carbons (Fsp3) is 0.280. The van der Waals surface area contributed by atoms with Gasteiger partial charge < -0.3 is 9.88 Å². The molecule has 2 heterocycles. The molecule has 0 amide bonds. The second-order valence-electron chi connectivity index (χ2n) is 7.85. The largest absolute Gasteiger partial charge is 0.363 e. The standard InChI is InChI=1S/C25H26N4.2H2/c1-3-29-14-13-19-11-12-20(15-24(19)29)23-16-25(27-17(2)26-23)28-22-10-6-8-18-7-4-5-9-21(18)22;;/h4-5,7,9,11-16,22H,3,6,8,10H2,1-2H3,(H,26,27,28);2*1H. The number of benzene rings is 2. The molecule has 1 aliphatic rings. The molecule has 1 atom stereocenters. The number of fused-ring (bicyclic) bond motifs is 2. The van der Waals surface area contributed by atoms with E-state index in [4.69, 9.17) is 4.98 Å². The Morgan fingerprint density at radius 1 is 1.10 bits per heavy atom. The van der Waals surface area contributed by atoms with Crippen molar-refractivity contribution in [2.45, 2.75) is 45.7 Å². The summed E-state index contributed by atoms with van der Waals surface area (Å²) in [5.41, 5.74) is 6.20. The fourth-order valence-corrected chi connectivity index (χ4v) is 4.49. The maximum atomic E-state index is 4.73. The lowest BCUT2D eigenvalue weighted by molar-refractivity contribution is 0.598. The molecule has 0 saturated heterocycles. The summed E-state index contributed by atoms with van der Waals surface area (Å²) in [4.78, 5) is 9.41. The van der Waals surface area contributed by atoms with Gasteiger partial charge in [-0.1, -0.05) is 36.4 Å². The highest BCUT2D eigenvalue weighted by atomic mass is 15.0. The Morgan fingerprint density at radius 2 is 2.00 bits per heavy atom. The molecule has 1 aliphatic carbocycles. The Balaban J connectivity index is 0.00000136. The van der Waals surface area contributed by atoms with E-state index in [0.717, 1.165) is 35.9 Å². The van der Waals surface area contributed by atoms with E-state index in [1.165, 1.54) is 34.9 Å². The van der Waals surface area contributed by atoms with E-state index in [-0.39, 0.29) is 2.85 Å². The lowest BCUT2D eigenvalue weighted by atomic mass is 9.88. The molecule has 0 bridgehead atoms. The number of aromatic nitrogens is 3. The van der Waals surface area contributed by atoms with Crippen LogP contribution in [-0.2, 0) is 13.0 Å². The van der Waals surface area contributed by atoms with Crippen molar-refractivity contribution in [3.05, 3.63) is 77.7 Å². The molecule has 4 nitrogen and oxygen atoms in total. The summed E-state index contributed by atoms with van der Waals surface area (Å²) in [5.74, 6) is 1.69. The molecule has 1 unspecified atom stereocenters. The van der Waals surface area contributed by atoms with E-state index in [0.29, 0.717) is 6.04 Å². The average molecular weight is 387 g/mol. The number of hydrogen-bond acceptors (Lipinski definition) is 3. The molecule has 4 aromatic rings. The molecule has 4 heteroatoms. The van der Waals surface area contributed by atoms with Crippen molar-refractivity contribution in [2.75, 3.05) is 5.32 Å². The molecule has 0 spiro atoms. The van der Waals surface area contributed by atoms with Crippen molar-refractivity contribution in [1.29, 1.82) is 0 Å². The zero-order valence-electron chi connectivity index (χ0n) is 17.0. The van der Waals surface area contributed by atoms with Crippen molar-refractivity contribution in [1.82, 2.24) is 14.5 Å². The lowest BCUT2D eigenvalue weighted by Crippen LogP contribution is -2.18. The van der Waals surface area contributed by atoms with E-state index < -0.39 is 0 Å². The maximum Gasteiger partial charge on any atom is 0.130 e. The zero-order chi connectivity index (χ0) is 19.8. The Kier molecular flexibility index (Phi) is 4.55. The summed E-state index contributed by atoms with van der Waals surface area (Å²) in [5, 5.41) is 4.95. The highest BCUT2D eigenvalue weighted by Crippen LogP contribution is 2.33. The molecular weight excluding hydrogens is 356 g/mol. The van der Waals surface area contributed by atoms with Gasteiger partial charge in [-0.25, -0.2) is 9.97 Å². The van der Waals surface area contributed by atoms with Gasteiger partial charge in [0, 0.05) is 32.7 Å². The summed E-state index contributed by atoms with van der Waals surface area (Å²) in [6, 6.07) is 19.9. The first-order chi connectivity index (χ1) is 14.2. The summed E-state index contributed by atoms with van der Waals surface area (Å²) >= 11 is 0. The summed E-state index contributed by atoms with van der Waals surface area (Å²) in [6.45, 7) is 5.10. The molecule has 5 rings (SSSR count). The van der Waals surface area contributed by atoms with Crippen LogP contribution in [0.1, 0.15) is 45.6 Å². The minimum atomic E-state index is 0. The van der Waals surface area contributed by atoms with Crippen molar-refractivity contribution in [3.8, 4) is 11.3 Å². The van der Waals surface area contributed by atoms with Gasteiger partial charge in [0.25, 0.3) is 0 Å². The third kappa shape index (κ3) is 3.39. The monoisotopic (exact) mass is 386 g/mol. The zero-order valence-corrected chi connectivity index (χ0v) is 17.0. The van der Waals surface area contributed by atoms with Gasteiger partial charge in [0.1, 0.15) is 11.6 Å². The molecule has 2 aromatic heterocycles. The van der Waals surface area contributed by atoms with E-state index in [1.54, 1.807) is 0 Å². The van der Waals surface area contributed by atoms with Crippen LogP contribution >= 0.6 is 0 Å². The summed E-state index contributed by atoms with van der Waals surface area (Å²) in [7, 11) is 0. The Morgan fingerprint density at radius 3 is 2.90 bits per heavy atom. The van der Waals surface area contributed by atoms with Crippen molar-refractivity contribution in [3.63, 3.8) is 0 Å². The molecule has 0 fully saturated rings. The molecule has 0 radical (unpaired) electrons. The molecular formula is C25H30N4. The van der Waals surface area contributed by atoms with Crippen LogP contribution in [0.5, 0.6) is 0 Å². The quantitative estimate of drug-likeness (QED) is 0.441. The molecule has 2 aromatic carbocycles. The SMILES string of the molecule is CCn1ccc2ccc(-c3cc(NC4CCCc5ccccc54)nc(C)n3)cc21.[HH].[HH]. The Labute approximate surface area is 174 Å². The van der Waals surface area contributed by atoms with Gasteiger partial charge in [0.05, 0.1) is 11.7 Å². The summed E-state index contributed by atoms with van der Waals surface area (Å²) < 4.78 is 2.27. The predicted molar refractivity (Wildman–Crippen MR) is 123 cm³/mol. The van der Waals surface area contributed by atoms with Crippen LogP contribution in [0.2, 0.25) is 0 Å². The highest BCUT2D eigenvalue weighted by molar-refractivity contribution is 5.85. The second kappa shape index (κ2) is 7.36. The van der Waals surface area contributed by atoms with E-state index >= 15 is 0 Å². The first kappa shape index (κ1) is 17.9. The number of hydrogen-bond donors (Lipinski definition) is 1. The van der Waals surface area contributed by atoms with Crippen LogP contribution in [0.4, 0.5) is 5.82 Å². The van der Waals surface area contributed by atoms with Crippen LogP contribution in [0, 0.1) is 6.92 Å². The van der Waals surface area contributed by atoms with Gasteiger partial charge in [-0.3, -0.25) is 0 Å². The van der Waals surface area contributed by atoms with Gasteiger partial charge in [0.2, 0.25) is 0 Å². The van der Waals surface area contributed by atoms with E-state index in [2.05, 4.69) is 82.6 Å². The third-order valence-corrected chi connectivity index (χ3v) is 5.94. The topological polar surface area (TPSA) is 42.7 Å². The van der Waals surface area contributed by atoms with Crippen LogP contribution in [-0.4, -0.2) is 14.5 Å². The maximum absolute atomic E-state index is 4.73. The first-order valence-corrected chi connectivity index (χ1v) is 10.5. The number of aryl methyl sites for hydroxylation is 3. The van der Waals surface area contributed by atoms with E-state index in [1.807, 2.05) is 6.92 Å². The number of nitrogens with one attached hydrogen (secondary N) is 1. The van der Waals surface area contributed by atoms with Gasteiger partial charge in [-0.2, -0.15) is 0 Å². The van der Waals surface area contributed by atoms with Gasteiger partial charge in [-0.05, 0) is 61.8 Å². The van der Waals surface area contributed by atoms with Crippen LogP contribution in [0.15, 0.2) is 60.8 Å². The van der Waals surface area contributed by atoms with Crippen LogP contribution < -0.4 is 5.32 Å². The Hall–Kier alpha value is -3.14. The van der Waals surface area contributed by atoms with Crippen molar-refractivity contribution in [2.24, 2.45) is 0 Å². The average Bonchev–Trinajstić information content (AvgIpc) is 3.16. The smallest absolute Gasteiger partial charge is 0.130 e. The van der Waals surface area contributed by atoms with Crippen LogP contribution in [0.3, 0.4) is 0 Å². The van der Waals surface area contributed by atoms with Gasteiger partial charge in [-0.15, -0.1) is 0 Å². The second-order valence-corrected chi connectivity index (χ2v) is 7.85. The normalized spacial score (nSPS) is 16.0. The predicted octanol–water partition coefficient (Wildman–Crippen LogP) is 6.41. The minimum absolute atomic E-state index is 0. The summed E-state index contributed by atoms with van der Waals surface area (Å²) in [6.07, 6.45) is 5.65. The molecule has 1 N–H and O–H groups in total. The number of anilines is 1. The molecule has 150 valence electrons. The highest BCUT2D eigenvalue weighted by Gasteiger charge is 2.20. The van der Waals surface area contributed by atoms with Crippen LogP contribution in [0.25, 0.3) is 22.2 Å². The Bertz CT molecular complexity index is 1190. The van der Waals surface area contributed by atoms with Crippen molar-refractivity contribution >= 4 is 16.7 Å².